The van der Waals surface area contributed by atoms with Gasteiger partial charge in [0.05, 0.1) is 0 Å². The molecule has 0 aromatic rings. The van der Waals surface area contributed by atoms with E-state index in [1.54, 1.807) is 0 Å². The van der Waals surface area contributed by atoms with Crippen LogP contribution in [0, 0.1) is 12.3 Å². The molecule has 0 aliphatic carbocycles. The summed E-state index contributed by atoms with van der Waals surface area (Å²) in [7, 11) is 0. The van der Waals surface area contributed by atoms with Crippen LogP contribution in [0.5, 0.6) is 0 Å². The van der Waals surface area contributed by atoms with Crippen LogP contribution in [0.4, 0.5) is 0 Å². The Morgan fingerprint density at radius 3 is 1.55 bits per heavy atom. The van der Waals surface area contributed by atoms with Gasteiger partial charge in [0.25, 0.3) is 0 Å². The van der Waals surface area contributed by atoms with Gasteiger partial charge in [-0.15, -0.1) is 12.4 Å². The first-order valence-corrected chi connectivity index (χ1v) is 2.73. The molecule has 0 aromatic heterocycles. The van der Waals surface area contributed by atoms with Gasteiger partial charge in [-0.3, -0.25) is 0 Å². The molecule has 4 heteroatoms. The van der Waals surface area contributed by atoms with Gasteiger partial charge in [-0.1, -0.05) is 27.4 Å². The van der Waals surface area contributed by atoms with Crippen LogP contribution in [0.25, 0.3) is 0 Å². The fourth-order valence-electron chi connectivity index (χ4n) is 0. The average molecular weight is 191 g/mol. The van der Waals surface area contributed by atoms with Gasteiger partial charge < -0.3 is 16.8 Å². The summed E-state index contributed by atoms with van der Waals surface area (Å²) in [4.78, 5) is 8.80. The van der Waals surface area contributed by atoms with Gasteiger partial charge in [0.2, 0.25) is 0 Å². The number of hydrogen-bond acceptors (Lipinski definition) is 2. The van der Waals surface area contributed by atoms with Crippen LogP contribution >= 0.6 is 12.4 Å². The molecule has 0 saturated carbocycles. The summed E-state index contributed by atoms with van der Waals surface area (Å²) in [5, 5.41) is 7.45. The predicted molar refractivity (Wildman–Crippen MR) is 50.6 cm³/mol. The van der Waals surface area contributed by atoms with Crippen LogP contribution in [-0.4, -0.2) is 41.1 Å². The molecule has 11 heavy (non-hydrogen) atoms. The molecule has 0 fully saturated rings. The third kappa shape index (κ3) is 284. The molecule has 0 rings (SSSR count). The van der Waals surface area contributed by atoms with Crippen LogP contribution < -0.4 is 0 Å². The van der Waals surface area contributed by atoms with Crippen molar-refractivity contribution in [3.63, 3.8) is 0 Å². The minimum absolute atomic E-state index is 0. The zero-order chi connectivity index (χ0) is 7.91. The number of carbonyl (C=O) groups excluding carboxylic acids is 1. The van der Waals surface area contributed by atoms with Crippen molar-refractivity contribution >= 4 is 41.7 Å². The molecule has 0 heterocycles. The van der Waals surface area contributed by atoms with Crippen molar-refractivity contribution < 1.29 is 9.90 Å². The van der Waals surface area contributed by atoms with E-state index in [0.717, 1.165) is 0 Å². The predicted octanol–water partition coefficient (Wildman–Crippen LogP) is 0.996. The summed E-state index contributed by atoms with van der Waals surface area (Å²) in [5.41, 5.74) is 0.250. The van der Waals surface area contributed by atoms with E-state index in [1.165, 1.54) is 6.29 Å². The summed E-state index contributed by atoms with van der Waals surface area (Å²) in [6.45, 7) is 9.51. The molecular formula is C7H15ClMgO2. The normalized spacial score (nSPS) is 7.73. The van der Waals surface area contributed by atoms with Crippen molar-refractivity contribution in [2.24, 2.45) is 5.41 Å². The standard InChI is InChI=1S/C5H11.C2H3O2.ClH.Mg/c1-5(2,3)4;3-1-2-4;;/h1H2,2-4H3;3H,1H2;1H;/q2*-1;;+2. The average Bonchev–Trinajstić information content (AvgIpc) is 1.61. The second-order valence-electron chi connectivity index (χ2n) is 2.86. The molecule has 0 unspecified atom stereocenters. The van der Waals surface area contributed by atoms with Gasteiger partial charge in [0, 0.05) is 0 Å². The Balaban J connectivity index is -0.0000000383. The molecule has 0 radical (unpaired) electrons. The minimum atomic E-state index is -0.486. The number of aliphatic hydroxyl groups is 1. The van der Waals surface area contributed by atoms with Crippen LogP contribution in [0.3, 0.4) is 0 Å². The molecule has 0 saturated heterocycles. The van der Waals surface area contributed by atoms with E-state index in [0.29, 0.717) is 0 Å². The van der Waals surface area contributed by atoms with E-state index >= 15 is 0 Å². The van der Waals surface area contributed by atoms with Crippen molar-refractivity contribution in [2.45, 2.75) is 20.8 Å². The van der Waals surface area contributed by atoms with Crippen LogP contribution in [0.2, 0.25) is 0 Å². The van der Waals surface area contributed by atoms with E-state index in [9.17, 15) is 0 Å². The summed E-state index contributed by atoms with van der Waals surface area (Å²) >= 11 is 0. The molecule has 0 bridgehead atoms. The van der Waals surface area contributed by atoms with E-state index in [1.807, 2.05) is 0 Å². The third-order valence-corrected chi connectivity index (χ3v) is 0.0645. The summed E-state index contributed by atoms with van der Waals surface area (Å²) in [6.07, 6.45) is 1.24. The van der Waals surface area contributed by atoms with Gasteiger partial charge in [-0.05, 0) is 0 Å². The second kappa shape index (κ2) is 13.3. The number of hydrogen-bond donors (Lipinski definition) is 1. The Labute approximate surface area is 91.3 Å². The first-order valence-electron chi connectivity index (χ1n) is 2.73. The molecule has 0 atom stereocenters. The van der Waals surface area contributed by atoms with Crippen LogP contribution in [0.15, 0.2) is 0 Å². The van der Waals surface area contributed by atoms with Gasteiger partial charge in [-0.2, -0.15) is 5.41 Å². The molecule has 64 valence electrons. The zero-order valence-corrected chi connectivity index (χ0v) is 9.62. The van der Waals surface area contributed by atoms with Crippen molar-refractivity contribution in [3.05, 3.63) is 6.92 Å². The zero-order valence-electron chi connectivity index (χ0n) is 7.39. The van der Waals surface area contributed by atoms with Crippen molar-refractivity contribution in [2.75, 3.05) is 6.61 Å². The molecule has 0 spiro atoms. The Hall–Kier alpha value is 0.686. The molecule has 0 aliphatic heterocycles. The molecule has 2 nitrogen and oxygen atoms in total. The van der Waals surface area contributed by atoms with Gasteiger partial charge in [0.1, 0.15) is 0 Å². The largest absolute Gasteiger partial charge is 2.00 e. The molecule has 0 amide bonds. The van der Waals surface area contributed by atoms with E-state index in [4.69, 9.17) is 9.90 Å². The first-order chi connectivity index (χ1) is 3.91. The maximum Gasteiger partial charge on any atom is 2.00 e. The van der Waals surface area contributed by atoms with Crippen LogP contribution in [-0.2, 0) is 4.79 Å². The number of rotatable bonds is 1. The first kappa shape index (κ1) is 22.6. The minimum Gasteiger partial charge on any atom is -0.540 e. The third-order valence-electron chi connectivity index (χ3n) is 0.0645. The summed E-state index contributed by atoms with van der Waals surface area (Å²) in [6, 6.07) is 0. The van der Waals surface area contributed by atoms with E-state index in [2.05, 4.69) is 27.7 Å². The maximum absolute atomic E-state index is 8.80. The fourth-order valence-corrected chi connectivity index (χ4v) is 0. The fraction of sp³-hybridized carbons (Fsp3) is 0.714. The molecular weight excluding hydrogens is 176 g/mol. The van der Waals surface area contributed by atoms with Gasteiger partial charge in [0.15, 0.2) is 0 Å². The summed E-state index contributed by atoms with van der Waals surface area (Å²) < 4.78 is 0. The Morgan fingerprint density at radius 2 is 1.55 bits per heavy atom. The van der Waals surface area contributed by atoms with Crippen molar-refractivity contribution in [3.8, 4) is 0 Å². The quantitative estimate of drug-likeness (QED) is 0.495. The second-order valence-corrected chi connectivity index (χ2v) is 2.86. The Kier molecular flexibility index (Phi) is 27.3. The monoisotopic (exact) mass is 190 g/mol. The van der Waals surface area contributed by atoms with Gasteiger partial charge >= 0.3 is 23.1 Å². The number of aliphatic hydroxyl groups excluding tert-OH is 1. The van der Waals surface area contributed by atoms with E-state index in [-0.39, 0.29) is 40.9 Å². The number of halogens is 1. The Bertz CT molecular complexity index is 65.3. The summed E-state index contributed by atoms with van der Waals surface area (Å²) in [5.74, 6) is 0. The SMILES string of the molecule is Cl.O=[C-]CO.[CH2-]C(C)(C)C.[Mg+2]. The molecule has 0 aliphatic rings. The maximum atomic E-state index is 8.80. The molecule has 1 N–H and O–H groups in total. The molecule has 0 aromatic carbocycles. The Morgan fingerprint density at radius 1 is 1.45 bits per heavy atom. The van der Waals surface area contributed by atoms with E-state index < -0.39 is 6.61 Å². The topological polar surface area (TPSA) is 37.3 Å². The van der Waals surface area contributed by atoms with Gasteiger partial charge in [-0.25, -0.2) is 6.29 Å². The van der Waals surface area contributed by atoms with Crippen molar-refractivity contribution in [1.82, 2.24) is 0 Å². The smallest absolute Gasteiger partial charge is 0.540 e. The van der Waals surface area contributed by atoms with Crippen LogP contribution in [0.1, 0.15) is 20.8 Å². The van der Waals surface area contributed by atoms with Crippen molar-refractivity contribution in [1.29, 1.82) is 0 Å².